The molecule has 5 N–H and O–H groups in total. The highest BCUT2D eigenvalue weighted by molar-refractivity contribution is 5.95. The molecule has 1 unspecified atom stereocenters. The lowest BCUT2D eigenvalue weighted by molar-refractivity contribution is -0.165. The lowest BCUT2D eigenvalue weighted by Gasteiger charge is -2.27. The van der Waals surface area contributed by atoms with Gasteiger partial charge in [0.2, 0.25) is 0 Å². The highest BCUT2D eigenvalue weighted by Gasteiger charge is 2.29. The van der Waals surface area contributed by atoms with Crippen LogP contribution in [0, 0.1) is 0 Å². The molecule has 4 rings (SSSR count). The summed E-state index contributed by atoms with van der Waals surface area (Å²) in [6.45, 7) is 3.50. The van der Waals surface area contributed by atoms with Crippen LogP contribution in [-0.4, -0.2) is 90.5 Å². The summed E-state index contributed by atoms with van der Waals surface area (Å²) in [5, 5.41) is 36.4. The zero-order valence-electron chi connectivity index (χ0n) is 19.5. The van der Waals surface area contributed by atoms with Crippen LogP contribution >= 0.6 is 0 Å². The molecular formula is C23H28N2O11. The van der Waals surface area contributed by atoms with E-state index in [2.05, 4.69) is 5.32 Å². The second-order valence-electron chi connectivity index (χ2n) is 8.20. The second kappa shape index (κ2) is 11.9. The Labute approximate surface area is 204 Å². The molecule has 13 heteroatoms. The van der Waals surface area contributed by atoms with Gasteiger partial charge in [-0.2, -0.15) is 0 Å². The fourth-order valence-electron chi connectivity index (χ4n) is 3.93. The van der Waals surface area contributed by atoms with Crippen molar-refractivity contribution < 1.29 is 48.7 Å². The summed E-state index contributed by atoms with van der Waals surface area (Å²) in [4.78, 5) is 46.4. The molecule has 0 spiro atoms. The third-order valence-electron chi connectivity index (χ3n) is 5.83. The minimum absolute atomic E-state index is 0.0604. The number of hydrogen-bond donors (Lipinski definition) is 5. The largest absolute Gasteiger partial charge is 0.479 e. The van der Waals surface area contributed by atoms with Crippen LogP contribution < -0.4 is 15.6 Å². The van der Waals surface area contributed by atoms with E-state index in [-0.39, 0.29) is 11.5 Å². The number of anilines is 1. The quantitative estimate of drug-likeness (QED) is 0.320. The SMILES string of the molecule is COC(=O)c1cc(C2CCCN2)c2oc(N3CCOCC3)cc(=O)c2c1.O=C(O)[C@@H](O)[C@H](O)C(=O)O. The molecule has 0 bridgehead atoms. The first-order chi connectivity index (χ1) is 17.1. The zero-order valence-corrected chi connectivity index (χ0v) is 19.5. The number of fused-ring (bicyclic) bond motifs is 1. The standard InChI is InChI=1S/C19H22N2O5.C4H6O6/c1-24-19(23)12-9-13(15-3-2-4-20-15)18-14(10-12)16(22)11-17(26-18)21-5-7-25-8-6-21;5-1(3(7)8)2(6)4(9)10/h9-11,15,20H,2-8H2,1H3;1-2,5-6H,(H,7,8)(H,9,10)/t;1-,2-/m.0/s1. The van der Waals surface area contributed by atoms with Crippen LogP contribution in [0.3, 0.4) is 0 Å². The van der Waals surface area contributed by atoms with Crippen LogP contribution in [0.1, 0.15) is 34.8 Å². The van der Waals surface area contributed by atoms with Crippen molar-refractivity contribution in [3.05, 3.63) is 39.5 Å². The lowest BCUT2D eigenvalue weighted by atomic mass is 9.99. The fraction of sp³-hybridized carbons (Fsp3) is 0.478. The Balaban J connectivity index is 0.000000308. The van der Waals surface area contributed by atoms with Gasteiger partial charge in [-0.15, -0.1) is 0 Å². The topological polar surface area (TPSA) is 196 Å². The van der Waals surface area contributed by atoms with Crippen molar-refractivity contribution in [2.24, 2.45) is 0 Å². The lowest BCUT2D eigenvalue weighted by Crippen LogP contribution is -2.39. The number of ether oxygens (including phenoxy) is 2. The molecule has 2 fully saturated rings. The van der Waals surface area contributed by atoms with Crippen LogP contribution in [-0.2, 0) is 19.1 Å². The average Bonchev–Trinajstić information content (AvgIpc) is 3.42. The van der Waals surface area contributed by atoms with Crippen molar-refractivity contribution in [3.8, 4) is 0 Å². The van der Waals surface area contributed by atoms with Crippen molar-refractivity contribution in [3.63, 3.8) is 0 Å². The van der Waals surface area contributed by atoms with E-state index in [0.717, 1.165) is 24.9 Å². The van der Waals surface area contributed by atoms with Crippen LogP contribution in [0.15, 0.2) is 27.4 Å². The molecule has 0 aliphatic carbocycles. The number of benzene rings is 1. The first-order valence-electron chi connectivity index (χ1n) is 11.2. The molecule has 1 aromatic carbocycles. The first kappa shape index (κ1) is 27.1. The number of carboxylic acids is 2. The predicted molar refractivity (Wildman–Crippen MR) is 124 cm³/mol. The number of aliphatic hydroxyl groups excluding tert-OH is 2. The molecule has 0 saturated carbocycles. The van der Waals surface area contributed by atoms with Crippen LogP contribution in [0.5, 0.6) is 0 Å². The number of methoxy groups -OCH3 is 1. The molecule has 2 saturated heterocycles. The van der Waals surface area contributed by atoms with Gasteiger partial charge in [-0.25, -0.2) is 14.4 Å². The summed E-state index contributed by atoms with van der Waals surface area (Å²) in [6.07, 6.45) is -2.55. The van der Waals surface area contributed by atoms with Gasteiger partial charge in [0.05, 0.1) is 31.3 Å². The highest BCUT2D eigenvalue weighted by atomic mass is 16.5. The Bertz CT molecular complexity index is 1150. The molecule has 0 amide bonds. The number of carbonyl (C=O) groups excluding carboxylic acids is 1. The third kappa shape index (κ3) is 6.18. The number of nitrogens with zero attached hydrogens (tertiary/aromatic N) is 1. The maximum atomic E-state index is 12.8. The number of nitrogens with one attached hydrogen (secondary N) is 1. The van der Waals surface area contributed by atoms with E-state index in [1.807, 2.05) is 4.90 Å². The summed E-state index contributed by atoms with van der Waals surface area (Å²) in [6, 6.07) is 4.91. The van der Waals surface area contributed by atoms with Crippen LogP contribution in [0.4, 0.5) is 5.88 Å². The van der Waals surface area contributed by atoms with Gasteiger partial charge in [0, 0.05) is 30.8 Å². The number of hydrogen-bond acceptors (Lipinski definition) is 11. The maximum Gasteiger partial charge on any atom is 0.337 e. The monoisotopic (exact) mass is 508 g/mol. The van der Waals surface area contributed by atoms with Gasteiger partial charge >= 0.3 is 17.9 Å². The predicted octanol–water partition coefficient (Wildman–Crippen LogP) is -0.282. The molecule has 2 aromatic rings. The van der Waals surface area contributed by atoms with Crippen molar-refractivity contribution in [2.75, 3.05) is 44.9 Å². The van der Waals surface area contributed by atoms with E-state index in [4.69, 9.17) is 34.3 Å². The maximum absolute atomic E-state index is 12.8. The Hall–Kier alpha value is -3.52. The van der Waals surface area contributed by atoms with E-state index >= 15 is 0 Å². The van der Waals surface area contributed by atoms with Gasteiger partial charge in [0.15, 0.2) is 23.5 Å². The number of morpholine rings is 1. The van der Waals surface area contributed by atoms with Gasteiger partial charge in [0.25, 0.3) is 0 Å². The number of aliphatic hydroxyl groups is 2. The summed E-state index contributed by atoms with van der Waals surface area (Å²) in [7, 11) is 1.34. The first-order valence-corrected chi connectivity index (χ1v) is 11.2. The Morgan fingerprint density at radius 2 is 1.72 bits per heavy atom. The van der Waals surface area contributed by atoms with Gasteiger partial charge in [0.1, 0.15) is 5.58 Å². The van der Waals surface area contributed by atoms with E-state index in [0.29, 0.717) is 48.7 Å². The van der Waals surface area contributed by atoms with Crippen molar-refractivity contribution in [2.45, 2.75) is 31.1 Å². The molecule has 1 aromatic heterocycles. The van der Waals surface area contributed by atoms with E-state index in [1.54, 1.807) is 12.1 Å². The van der Waals surface area contributed by atoms with E-state index < -0.39 is 30.1 Å². The number of esters is 1. The van der Waals surface area contributed by atoms with E-state index in [1.165, 1.54) is 13.2 Å². The third-order valence-corrected chi connectivity index (χ3v) is 5.83. The minimum atomic E-state index is -2.27. The zero-order chi connectivity index (χ0) is 26.4. The van der Waals surface area contributed by atoms with Gasteiger partial charge < -0.3 is 44.5 Å². The number of aliphatic carboxylic acids is 2. The van der Waals surface area contributed by atoms with Crippen molar-refractivity contribution in [1.29, 1.82) is 0 Å². The molecule has 196 valence electrons. The molecule has 0 radical (unpaired) electrons. The summed E-state index contributed by atoms with van der Waals surface area (Å²) in [5.74, 6) is -3.44. The fourth-order valence-corrected chi connectivity index (χ4v) is 3.93. The smallest absolute Gasteiger partial charge is 0.337 e. The van der Waals surface area contributed by atoms with Crippen LogP contribution in [0.25, 0.3) is 11.0 Å². The van der Waals surface area contributed by atoms with Gasteiger partial charge in [-0.3, -0.25) is 4.79 Å². The molecule has 3 heterocycles. The van der Waals surface area contributed by atoms with Crippen LogP contribution in [0.2, 0.25) is 0 Å². The van der Waals surface area contributed by atoms with Crippen molar-refractivity contribution in [1.82, 2.24) is 5.32 Å². The molecule has 3 atom stereocenters. The minimum Gasteiger partial charge on any atom is -0.479 e. The Kier molecular flexibility index (Phi) is 8.98. The average molecular weight is 508 g/mol. The number of carbonyl (C=O) groups is 3. The molecular weight excluding hydrogens is 480 g/mol. The van der Waals surface area contributed by atoms with Gasteiger partial charge in [-0.1, -0.05) is 0 Å². The molecule has 2 aliphatic heterocycles. The summed E-state index contributed by atoms with van der Waals surface area (Å²) >= 11 is 0. The Morgan fingerprint density at radius 3 is 2.25 bits per heavy atom. The molecule has 2 aliphatic rings. The summed E-state index contributed by atoms with van der Waals surface area (Å²) < 4.78 is 16.4. The number of carboxylic acid groups (broad SMARTS) is 2. The Morgan fingerprint density at radius 1 is 1.08 bits per heavy atom. The highest BCUT2D eigenvalue weighted by Crippen LogP contribution is 2.32. The van der Waals surface area contributed by atoms with E-state index in [9.17, 15) is 19.2 Å². The van der Waals surface area contributed by atoms with Gasteiger partial charge in [-0.05, 0) is 31.5 Å². The summed E-state index contributed by atoms with van der Waals surface area (Å²) in [5.41, 5.74) is 1.60. The number of rotatable bonds is 6. The molecule has 13 nitrogen and oxygen atoms in total. The second-order valence-corrected chi connectivity index (χ2v) is 8.20. The van der Waals surface area contributed by atoms with Crippen molar-refractivity contribution >= 4 is 34.8 Å². The normalized spacial score (nSPS) is 19.2. The molecule has 36 heavy (non-hydrogen) atoms.